The standard InChI is InChI=1S/C29H30N4O3/c1-5-9-18(6-2)28(34)33-25-13-12-19(14-23(25)29(35)32(33)3)20-15-22-24(17-31-27(22)30-16-20)21-10-7-8-11-26(21)36-4/h7-8,10-18H,5-6,9H2,1-4H3,(H,30,31). The van der Waals surface area contributed by atoms with E-state index in [9.17, 15) is 9.59 Å². The first kappa shape index (κ1) is 23.6. The number of nitrogens with zero attached hydrogens (tertiary/aromatic N) is 3. The summed E-state index contributed by atoms with van der Waals surface area (Å²) in [6, 6.07) is 15.6. The number of nitrogens with one attached hydrogen (secondary N) is 1. The lowest BCUT2D eigenvalue weighted by Crippen LogP contribution is -2.29. The Labute approximate surface area is 209 Å². The molecule has 1 atom stereocenters. The van der Waals surface area contributed by atoms with Crippen LogP contribution in [0, 0.1) is 5.92 Å². The van der Waals surface area contributed by atoms with Crippen molar-refractivity contribution in [1.82, 2.24) is 19.3 Å². The first-order valence-electron chi connectivity index (χ1n) is 12.3. The normalized spacial score (nSPS) is 12.3. The Morgan fingerprint density at radius 1 is 1.06 bits per heavy atom. The molecule has 0 amide bonds. The summed E-state index contributed by atoms with van der Waals surface area (Å²) in [5.41, 5.74) is 4.95. The number of H-pyrrole nitrogens is 1. The first-order valence-corrected chi connectivity index (χ1v) is 12.3. The smallest absolute Gasteiger partial charge is 0.274 e. The summed E-state index contributed by atoms with van der Waals surface area (Å²) in [4.78, 5) is 34.3. The number of aromatic amines is 1. The Kier molecular flexibility index (Phi) is 6.22. The lowest BCUT2D eigenvalue weighted by atomic mass is 9.99. The molecule has 0 fully saturated rings. The Hall–Kier alpha value is -4.13. The van der Waals surface area contributed by atoms with Gasteiger partial charge in [0.2, 0.25) is 5.91 Å². The van der Waals surface area contributed by atoms with Gasteiger partial charge in [-0.3, -0.25) is 9.59 Å². The second-order valence-corrected chi connectivity index (χ2v) is 9.13. The number of pyridine rings is 1. The summed E-state index contributed by atoms with van der Waals surface area (Å²) in [5.74, 6) is 0.649. The molecule has 0 aliphatic carbocycles. The summed E-state index contributed by atoms with van der Waals surface area (Å²) < 4.78 is 8.54. The number of carbonyl (C=O) groups is 1. The van der Waals surface area contributed by atoms with Crippen LogP contribution < -0.4 is 10.3 Å². The highest BCUT2D eigenvalue weighted by atomic mass is 16.5. The molecule has 0 bridgehead atoms. The number of methoxy groups -OCH3 is 1. The molecule has 2 aromatic carbocycles. The number of ether oxygens (including phenoxy) is 1. The molecule has 36 heavy (non-hydrogen) atoms. The molecule has 1 N–H and O–H groups in total. The third kappa shape index (κ3) is 3.81. The van der Waals surface area contributed by atoms with Crippen molar-refractivity contribution in [3.05, 3.63) is 71.3 Å². The zero-order chi connectivity index (χ0) is 25.4. The predicted molar refractivity (Wildman–Crippen MR) is 144 cm³/mol. The number of rotatable bonds is 7. The third-order valence-corrected chi connectivity index (χ3v) is 7.00. The van der Waals surface area contributed by atoms with Crippen molar-refractivity contribution in [2.24, 2.45) is 13.0 Å². The molecule has 0 saturated heterocycles. The van der Waals surface area contributed by atoms with E-state index in [1.54, 1.807) is 25.0 Å². The maximum absolute atomic E-state index is 13.3. The minimum atomic E-state index is -0.183. The number of hydrogen-bond donors (Lipinski definition) is 1. The topological polar surface area (TPSA) is 81.9 Å². The number of benzene rings is 2. The molecule has 1 unspecified atom stereocenters. The minimum Gasteiger partial charge on any atom is -0.496 e. The molecule has 0 saturated carbocycles. The van der Waals surface area contributed by atoms with Gasteiger partial charge in [-0.1, -0.05) is 44.5 Å². The van der Waals surface area contributed by atoms with E-state index in [2.05, 4.69) is 23.0 Å². The van der Waals surface area contributed by atoms with Crippen LogP contribution in [0.1, 0.15) is 37.9 Å². The summed E-state index contributed by atoms with van der Waals surface area (Å²) in [7, 11) is 3.32. The van der Waals surface area contributed by atoms with Gasteiger partial charge in [-0.25, -0.2) is 14.3 Å². The van der Waals surface area contributed by atoms with Crippen LogP contribution in [0.2, 0.25) is 0 Å². The van der Waals surface area contributed by atoms with Crippen LogP contribution in [0.4, 0.5) is 0 Å². The van der Waals surface area contributed by atoms with Crippen LogP contribution in [-0.4, -0.2) is 32.3 Å². The van der Waals surface area contributed by atoms with Gasteiger partial charge >= 0.3 is 0 Å². The average molecular weight is 483 g/mol. The van der Waals surface area contributed by atoms with Crippen molar-refractivity contribution < 1.29 is 9.53 Å². The molecule has 7 nitrogen and oxygen atoms in total. The van der Waals surface area contributed by atoms with Gasteiger partial charge in [0.1, 0.15) is 11.4 Å². The third-order valence-electron chi connectivity index (χ3n) is 7.00. The lowest BCUT2D eigenvalue weighted by Gasteiger charge is -2.15. The maximum Gasteiger partial charge on any atom is 0.274 e. The van der Waals surface area contributed by atoms with Crippen molar-refractivity contribution in [3.63, 3.8) is 0 Å². The molecular weight excluding hydrogens is 452 g/mol. The molecule has 3 aromatic heterocycles. The Morgan fingerprint density at radius 3 is 2.58 bits per heavy atom. The van der Waals surface area contributed by atoms with Crippen molar-refractivity contribution in [2.45, 2.75) is 33.1 Å². The SMILES string of the molecule is CCCC(CC)C(=O)n1c2ccc(-c3cnc4[nH]cc(-c5ccccc5OC)c4c3)cc2c(=O)n1C. The second kappa shape index (κ2) is 9.49. The average Bonchev–Trinajstić information content (AvgIpc) is 3.44. The van der Waals surface area contributed by atoms with Gasteiger partial charge < -0.3 is 9.72 Å². The number of hydrogen-bond acceptors (Lipinski definition) is 4. The molecule has 5 rings (SSSR count). The van der Waals surface area contributed by atoms with Gasteiger partial charge in [-0.05, 0) is 42.7 Å². The quantitative estimate of drug-likeness (QED) is 0.307. The van der Waals surface area contributed by atoms with E-state index in [-0.39, 0.29) is 17.4 Å². The second-order valence-electron chi connectivity index (χ2n) is 9.13. The predicted octanol–water partition coefficient (Wildman–Crippen LogP) is 6.03. The van der Waals surface area contributed by atoms with Crippen molar-refractivity contribution >= 4 is 27.8 Å². The van der Waals surface area contributed by atoms with E-state index < -0.39 is 0 Å². The summed E-state index contributed by atoms with van der Waals surface area (Å²) in [6.45, 7) is 4.09. The van der Waals surface area contributed by atoms with Crippen LogP contribution in [0.15, 0.2) is 65.7 Å². The molecule has 0 aliphatic heterocycles. The van der Waals surface area contributed by atoms with Crippen LogP contribution in [0.25, 0.3) is 44.2 Å². The molecule has 0 spiro atoms. The summed E-state index contributed by atoms with van der Waals surface area (Å²) in [6.07, 6.45) is 6.21. The number of fused-ring (bicyclic) bond motifs is 2. The Bertz CT molecular complexity index is 1640. The largest absolute Gasteiger partial charge is 0.496 e. The summed E-state index contributed by atoms with van der Waals surface area (Å²) >= 11 is 0. The number of para-hydroxylation sites is 1. The number of aromatic nitrogens is 4. The van der Waals surface area contributed by atoms with Crippen molar-refractivity contribution in [1.29, 1.82) is 0 Å². The fraction of sp³-hybridized carbons (Fsp3) is 0.276. The van der Waals surface area contributed by atoms with Crippen molar-refractivity contribution in [3.8, 4) is 28.0 Å². The van der Waals surface area contributed by atoms with Crippen LogP contribution in [0.5, 0.6) is 5.75 Å². The zero-order valence-electron chi connectivity index (χ0n) is 21.0. The zero-order valence-corrected chi connectivity index (χ0v) is 21.0. The van der Waals surface area contributed by atoms with Gasteiger partial charge in [0.25, 0.3) is 5.56 Å². The highest BCUT2D eigenvalue weighted by molar-refractivity contribution is 5.98. The fourth-order valence-corrected chi connectivity index (χ4v) is 5.04. The van der Waals surface area contributed by atoms with Crippen LogP contribution >= 0.6 is 0 Å². The number of carbonyl (C=O) groups excluding carboxylic acids is 1. The molecule has 5 aromatic rings. The monoisotopic (exact) mass is 482 g/mol. The van der Waals surface area contributed by atoms with Crippen LogP contribution in [-0.2, 0) is 7.05 Å². The fourth-order valence-electron chi connectivity index (χ4n) is 5.04. The van der Waals surface area contributed by atoms with E-state index in [1.807, 2.05) is 55.6 Å². The molecule has 184 valence electrons. The van der Waals surface area contributed by atoms with E-state index in [1.165, 1.54) is 4.68 Å². The maximum atomic E-state index is 13.3. The van der Waals surface area contributed by atoms with Crippen molar-refractivity contribution in [2.75, 3.05) is 7.11 Å². The summed E-state index contributed by atoms with van der Waals surface area (Å²) in [5, 5.41) is 1.48. The minimum absolute atomic E-state index is 0.0291. The van der Waals surface area contributed by atoms with Gasteiger partial charge in [0.05, 0.1) is 18.0 Å². The van der Waals surface area contributed by atoms with E-state index in [0.29, 0.717) is 10.9 Å². The van der Waals surface area contributed by atoms with Gasteiger partial charge in [0.15, 0.2) is 0 Å². The Morgan fingerprint density at radius 2 is 1.83 bits per heavy atom. The highest BCUT2D eigenvalue weighted by Gasteiger charge is 2.23. The van der Waals surface area contributed by atoms with Gasteiger partial charge in [0, 0.05) is 47.4 Å². The van der Waals surface area contributed by atoms with E-state index >= 15 is 0 Å². The highest BCUT2D eigenvalue weighted by Crippen LogP contribution is 2.36. The van der Waals surface area contributed by atoms with E-state index in [4.69, 9.17) is 4.74 Å². The molecule has 0 aliphatic rings. The molecule has 7 heteroatoms. The Balaban J connectivity index is 1.62. The molecular formula is C29H30N4O3. The van der Waals surface area contributed by atoms with Gasteiger partial charge in [-0.15, -0.1) is 0 Å². The lowest BCUT2D eigenvalue weighted by molar-refractivity contribution is 0.0796. The molecule has 3 heterocycles. The van der Waals surface area contributed by atoms with E-state index in [0.717, 1.165) is 58.3 Å². The van der Waals surface area contributed by atoms with Crippen LogP contribution in [0.3, 0.4) is 0 Å². The molecule has 0 radical (unpaired) electrons. The first-order chi connectivity index (χ1) is 17.5. The van der Waals surface area contributed by atoms with Gasteiger partial charge in [-0.2, -0.15) is 0 Å².